The van der Waals surface area contributed by atoms with Gasteiger partial charge < -0.3 is 14.3 Å². The van der Waals surface area contributed by atoms with E-state index in [-0.39, 0.29) is 33.8 Å². The van der Waals surface area contributed by atoms with Gasteiger partial charge in [0.05, 0.1) is 24.1 Å². The Morgan fingerprint density at radius 3 is 2.71 bits per heavy atom. The number of phenolic OH excluding ortho intramolecular Hbond substituents is 1. The predicted molar refractivity (Wildman–Crippen MR) is 110 cm³/mol. The molecule has 5 rings (SSSR count). The second kappa shape index (κ2) is 6.94. The van der Waals surface area contributed by atoms with E-state index >= 15 is 0 Å². The van der Waals surface area contributed by atoms with Crippen molar-refractivity contribution in [3.63, 3.8) is 0 Å². The van der Waals surface area contributed by atoms with Gasteiger partial charge in [0.2, 0.25) is 5.76 Å². The van der Waals surface area contributed by atoms with Crippen LogP contribution in [-0.4, -0.2) is 23.1 Å². The molecule has 0 bridgehead atoms. The molecule has 1 aliphatic rings. The number of amides is 1. The second-order valence-corrected chi connectivity index (χ2v) is 7.01. The first-order chi connectivity index (χ1) is 15.0. The Morgan fingerprint density at radius 1 is 1.13 bits per heavy atom. The lowest BCUT2D eigenvalue weighted by molar-refractivity contribution is 0.0970. The van der Waals surface area contributed by atoms with E-state index < -0.39 is 23.2 Å². The maximum Gasteiger partial charge on any atom is 0.296 e. The average molecular weight is 418 g/mol. The monoisotopic (exact) mass is 418 g/mol. The Hall–Kier alpha value is -4.20. The van der Waals surface area contributed by atoms with Gasteiger partial charge in [-0.2, -0.15) is 0 Å². The minimum absolute atomic E-state index is 0.0326. The van der Waals surface area contributed by atoms with Crippen LogP contribution in [0.5, 0.6) is 11.5 Å². The highest BCUT2D eigenvalue weighted by Gasteiger charge is 2.44. The number of halogens is 1. The van der Waals surface area contributed by atoms with Crippen LogP contribution in [0.3, 0.4) is 0 Å². The van der Waals surface area contributed by atoms with Crippen molar-refractivity contribution < 1.29 is 23.4 Å². The molecular formula is C23H15FN2O5. The SMILES string of the molecule is COc1cc(C2c3c(oc4ccc(F)cc4c3=O)C(=O)N2c2ccccn2)ccc1O. The van der Waals surface area contributed by atoms with Crippen LogP contribution in [0.4, 0.5) is 10.2 Å². The summed E-state index contributed by atoms with van der Waals surface area (Å²) in [5.74, 6) is -0.872. The zero-order chi connectivity index (χ0) is 21.7. The molecule has 2 aromatic heterocycles. The van der Waals surface area contributed by atoms with Crippen molar-refractivity contribution in [2.24, 2.45) is 0 Å². The maximum absolute atomic E-state index is 13.8. The van der Waals surface area contributed by atoms with Crippen molar-refractivity contribution in [3.8, 4) is 11.5 Å². The lowest BCUT2D eigenvalue weighted by atomic mass is 9.98. The number of methoxy groups -OCH3 is 1. The molecule has 1 atom stereocenters. The number of aromatic hydroxyl groups is 1. The number of anilines is 1. The summed E-state index contributed by atoms with van der Waals surface area (Å²) in [6.07, 6.45) is 1.53. The summed E-state index contributed by atoms with van der Waals surface area (Å²) in [5, 5.41) is 10.0. The fraction of sp³-hybridized carbons (Fsp3) is 0.0870. The fourth-order valence-corrected chi connectivity index (χ4v) is 3.86. The number of nitrogens with zero attached hydrogens (tertiary/aromatic N) is 2. The Bertz CT molecular complexity index is 1400. The first-order valence-electron chi connectivity index (χ1n) is 9.37. The van der Waals surface area contributed by atoms with Crippen LogP contribution in [0, 0.1) is 5.82 Å². The molecule has 0 aliphatic carbocycles. The number of hydrogen-bond acceptors (Lipinski definition) is 6. The fourth-order valence-electron chi connectivity index (χ4n) is 3.86. The molecule has 0 spiro atoms. The van der Waals surface area contributed by atoms with Gasteiger partial charge in [0.15, 0.2) is 16.9 Å². The molecule has 0 saturated heterocycles. The number of pyridine rings is 1. The quantitative estimate of drug-likeness (QED) is 0.544. The molecule has 1 aliphatic heterocycles. The van der Waals surface area contributed by atoms with Gasteiger partial charge in [0.1, 0.15) is 17.2 Å². The number of carbonyl (C=O) groups is 1. The van der Waals surface area contributed by atoms with E-state index in [1.54, 1.807) is 24.3 Å². The van der Waals surface area contributed by atoms with Gasteiger partial charge in [-0.25, -0.2) is 9.37 Å². The summed E-state index contributed by atoms with van der Waals surface area (Å²) < 4.78 is 24.8. The molecule has 154 valence electrons. The zero-order valence-electron chi connectivity index (χ0n) is 16.2. The van der Waals surface area contributed by atoms with Gasteiger partial charge in [-0.15, -0.1) is 0 Å². The zero-order valence-corrected chi connectivity index (χ0v) is 16.2. The first kappa shape index (κ1) is 18.8. The summed E-state index contributed by atoms with van der Waals surface area (Å²) >= 11 is 0. The van der Waals surface area contributed by atoms with Crippen LogP contribution in [0.25, 0.3) is 11.0 Å². The largest absolute Gasteiger partial charge is 0.504 e. The minimum atomic E-state index is -0.907. The van der Waals surface area contributed by atoms with Crippen LogP contribution < -0.4 is 15.1 Å². The summed E-state index contributed by atoms with van der Waals surface area (Å²) in [5.41, 5.74) is 0.167. The number of phenols is 1. The number of fused-ring (bicyclic) bond motifs is 2. The van der Waals surface area contributed by atoms with Gasteiger partial charge >= 0.3 is 0 Å². The van der Waals surface area contributed by atoms with Crippen LogP contribution in [0.1, 0.15) is 27.7 Å². The van der Waals surface area contributed by atoms with E-state index in [9.17, 15) is 19.1 Å². The van der Waals surface area contributed by atoms with Crippen LogP contribution in [0.15, 0.2) is 70.0 Å². The van der Waals surface area contributed by atoms with E-state index in [4.69, 9.17) is 9.15 Å². The highest BCUT2D eigenvalue weighted by molar-refractivity contribution is 6.10. The smallest absolute Gasteiger partial charge is 0.296 e. The van der Waals surface area contributed by atoms with E-state index in [0.29, 0.717) is 11.4 Å². The number of benzene rings is 2. The molecule has 1 N–H and O–H groups in total. The predicted octanol–water partition coefficient (Wildman–Crippen LogP) is 3.79. The average Bonchev–Trinajstić information content (AvgIpc) is 3.08. The Kier molecular flexibility index (Phi) is 4.21. The van der Waals surface area contributed by atoms with Crippen molar-refractivity contribution in [1.29, 1.82) is 0 Å². The molecule has 4 aromatic rings. The molecule has 3 heterocycles. The van der Waals surface area contributed by atoms with Crippen molar-refractivity contribution in [2.75, 3.05) is 12.0 Å². The lowest BCUT2D eigenvalue weighted by Crippen LogP contribution is -2.30. The van der Waals surface area contributed by atoms with Gasteiger partial charge in [0.25, 0.3) is 5.91 Å². The van der Waals surface area contributed by atoms with Gasteiger partial charge in [-0.3, -0.25) is 14.5 Å². The molecule has 1 unspecified atom stereocenters. The topological polar surface area (TPSA) is 92.9 Å². The van der Waals surface area contributed by atoms with E-state index in [2.05, 4.69) is 4.98 Å². The minimum Gasteiger partial charge on any atom is -0.504 e. The summed E-state index contributed by atoms with van der Waals surface area (Å²) in [7, 11) is 1.40. The Balaban J connectivity index is 1.83. The van der Waals surface area contributed by atoms with Crippen LogP contribution >= 0.6 is 0 Å². The standard InChI is InChI=1S/C23H15FN2O5/c1-30-17-10-12(5-7-15(17)27)20-19-21(28)14-11-13(24)6-8-16(14)31-22(19)23(29)26(20)18-4-2-3-9-25-18/h2-11,20,27H,1H3. The number of carbonyl (C=O) groups excluding carboxylic acids is 1. The molecule has 8 heteroatoms. The van der Waals surface area contributed by atoms with Crippen molar-refractivity contribution in [1.82, 2.24) is 4.98 Å². The highest BCUT2D eigenvalue weighted by Crippen LogP contribution is 2.42. The third-order valence-electron chi connectivity index (χ3n) is 5.25. The van der Waals surface area contributed by atoms with Crippen LogP contribution in [0.2, 0.25) is 0 Å². The van der Waals surface area contributed by atoms with Gasteiger partial charge in [-0.05, 0) is 48.0 Å². The molecule has 0 radical (unpaired) electrons. The normalized spacial score (nSPS) is 15.4. The molecule has 7 nitrogen and oxygen atoms in total. The van der Waals surface area contributed by atoms with Crippen molar-refractivity contribution in [2.45, 2.75) is 6.04 Å². The molecule has 31 heavy (non-hydrogen) atoms. The number of ether oxygens (including phenoxy) is 1. The molecular weight excluding hydrogens is 403 g/mol. The van der Waals surface area contributed by atoms with Crippen molar-refractivity contribution >= 4 is 22.7 Å². The van der Waals surface area contributed by atoms with Gasteiger partial charge in [-0.1, -0.05) is 12.1 Å². The Labute approximate surface area is 174 Å². The summed E-state index contributed by atoms with van der Waals surface area (Å²) in [6, 6.07) is 12.2. The molecule has 0 saturated carbocycles. The number of rotatable bonds is 3. The third kappa shape index (κ3) is 2.83. The highest BCUT2D eigenvalue weighted by atomic mass is 19.1. The molecule has 2 aromatic carbocycles. The number of hydrogen-bond donors (Lipinski definition) is 1. The number of aromatic nitrogens is 1. The van der Waals surface area contributed by atoms with E-state index in [0.717, 1.165) is 12.1 Å². The Morgan fingerprint density at radius 2 is 1.97 bits per heavy atom. The lowest BCUT2D eigenvalue weighted by Gasteiger charge is -2.24. The third-order valence-corrected chi connectivity index (χ3v) is 5.25. The van der Waals surface area contributed by atoms with Gasteiger partial charge in [0, 0.05) is 6.20 Å². The van der Waals surface area contributed by atoms with E-state index in [1.165, 1.54) is 36.4 Å². The first-order valence-corrected chi connectivity index (χ1v) is 9.37. The maximum atomic E-state index is 13.8. The van der Waals surface area contributed by atoms with Crippen molar-refractivity contribution in [3.05, 3.63) is 93.7 Å². The van der Waals surface area contributed by atoms with E-state index in [1.807, 2.05) is 0 Å². The molecule has 0 fully saturated rings. The summed E-state index contributed by atoms with van der Waals surface area (Å²) in [6.45, 7) is 0. The molecule has 1 amide bonds. The summed E-state index contributed by atoms with van der Waals surface area (Å²) in [4.78, 5) is 32.4. The van der Waals surface area contributed by atoms with Crippen LogP contribution in [-0.2, 0) is 0 Å². The second-order valence-electron chi connectivity index (χ2n) is 7.01.